The maximum absolute atomic E-state index is 7.44. The van der Waals surface area contributed by atoms with E-state index in [-0.39, 0.29) is 32.6 Å². The van der Waals surface area contributed by atoms with E-state index in [9.17, 15) is 0 Å². The van der Waals surface area contributed by atoms with E-state index < -0.39 is 0 Å². The van der Waals surface area contributed by atoms with Gasteiger partial charge in [0.1, 0.15) is 0 Å². The third kappa shape index (κ3) is 10.6. The summed E-state index contributed by atoms with van der Waals surface area (Å²) in [6.07, 6.45) is 4.45. The molecule has 30 heavy (non-hydrogen) atoms. The second kappa shape index (κ2) is 16.9. The van der Waals surface area contributed by atoms with Crippen LogP contribution in [-0.2, 0) is 26.2 Å². The first kappa shape index (κ1) is 31.4. The SMILES string of the molecule is C[C]1[C](C)[C](C)[C](C)[C]1C.C[C]1[C](C)[C](C)[C](C)[C]1C.[2H]C(C[Te])CCC=C(C)C.[Zr]. The van der Waals surface area contributed by atoms with E-state index >= 15 is 0 Å². The van der Waals surface area contributed by atoms with Crippen molar-refractivity contribution in [2.24, 2.45) is 0 Å². The van der Waals surface area contributed by atoms with Gasteiger partial charge in [0.25, 0.3) is 0 Å². The Morgan fingerprint density at radius 3 is 1.03 bits per heavy atom. The molecular weight excluding hydrogens is 555 g/mol. The monoisotopic (exact) mass is 602 g/mol. The zero-order chi connectivity index (χ0) is 23.8. The van der Waals surface area contributed by atoms with Crippen LogP contribution in [0.2, 0.25) is 4.47 Å². The van der Waals surface area contributed by atoms with Crippen LogP contribution < -0.4 is 0 Å². The van der Waals surface area contributed by atoms with E-state index in [1.54, 1.807) is 0 Å². The van der Waals surface area contributed by atoms with E-state index in [1.165, 1.54) is 64.8 Å². The molecule has 0 bridgehead atoms. The fourth-order valence-electron chi connectivity index (χ4n) is 3.39. The molecule has 2 aliphatic rings. The molecule has 0 spiro atoms. The minimum atomic E-state index is 0. The molecule has 0 N–H and O–H groups in total. The van der Waals surface area contributed by atoms with E-state index in [0.29, 0.717) is 0 Å². The maximum Gasteiger partial charge on any atom is 0 e. The topological polar surface area (TPSA) is 0 Å². The molecule has 0 aromatic heterocycles. The molecule has 167 valence electrons. The van der Waals surface area contributed by atoms with Crippen molar-refractivity contribution in [3.05, 3.63) is 70.8 Å². The first-order chi connectivity index (χ1) is 13.8. The van der Waals surface area contributed by atoms with Crippen LogP contribution in [0, 0.1) is 59.2 Å². The number of rotatable bonds is 4. The first-order valence-corrected chi connectivity index (χ1v) is 12.4. The molecule has 2 aliphatic carbocycles. The van der Waals surface area contributed by atoms with Crippen LogP contribution in [0.25, 0.3) is 0 Å². The Kier molecular flexibility index (Phi) is 17.7. The molecule has 2 saturated carbocycles. The van der Waals surface area contributed by atoms with Gasteiger partial charge in [0.05, 0.1) is 0 Å². The average Bonchev–Trinajstić information content (AvgIpc) is 2.98. The molecule has 11 radical (unpaired) electrons. The predicted molar refractivity (Wildman–Crippen MR) is 133 cm³/mol. The van der Waals surface area contributed by atoms with Gasteiger partial charge in [0.2, 0.25) is 0 Å². The molecule has 0 amide bonds. The minimum Gasteiger partial charge on any atom is 0 e. The van der Waals surface area contributed by atoms with Gasteiger partial charge in [-0.15, -0.1) is 0 Å². The molecule has 0 aromatic rings. The summed E-state index contributed by atoms with van der Waals surface area (Å²) in [6.45, 7) is 26.2. The fraction of sp³-hybridized carbons (Fsp3) is 0.571. The van der Waals surface area contributed by atoms with Crippen LogP contribution in [0.3, 0.4) is 0 Å². The van der Waals surface area contributed by atoms with Crippen molar-refractivity contribution in [2.45, 2.75) is 107 Å². The minimum absolute atomic E-state index is 0. The van der Waals surface area contributed by atoms with Crippen molar-refractivity contribution in [3.63, 3.8) is 0 Å². The molecular formula is C28H45TeZr. The van der Waals surface area contributed by atoms with Crippen molar-refractivity contribution in [1.29, 1.82) is 0 Å². The van der Waals surface area contributed by atoms with Gasteiger partial charge in [-0.05, 0) is 59.2 Å². The zero-order valence-electron chi connectivity index (χ0n) is 22.7. The Labute approximate surface area is 226 Å². The molecule has 2 fully saturated rings. The molecule has 1 unspecified atom stereocenters. The van der Waals surface area contributed by atoms with E-state index in [0.717, 1.165) is 17.3 Å². The van der Waals surface area contributed by atoms with Crippen LogP contribution in [0.5, 0.6) is 0 Å². The van der Waals surface area contributed by atoms with Crippen molar-refractivity contribution >= 4 is 22.3 Å². The first-order valence-electron chi connectivity index (χ1n) is 11.4. The Balaban J connectivity index is 0. The molecule has 0 aromatic carbocycles. The Morgan fingerprint density at radius 2 is 0.867 bits per heavy atom. The molecule has 2 rings (SSSR count). The molecule has 1 atom stereocenters. The summed E-state index contributed by atoms with van der Waals surface area (Å²) in [6, 6.07) is 0. The zero-order valence-corrected chi connectivity index (χ0v) is 26.5. The van der Waals surface area contributed by atoms with Gasteiger partial charge in [-0.25, -0.2) is 0 Å². The van der Waals surface area contributed by atoms with Gasteiger partial charge < -0.3 is 0 Å². The predicted octanol–water partition coefficient (Wildman–Crippen LogP) is 8.65. The largest absolute Gasteiger partial charge is 0 e. The van der Waals surface area contributed by atoms with Gasteiger partial charge in [-0.1, -0.05) is 69.2 Å². The van der Waals surface area contributed by atoms with Gasteiger partial charge >= 0.3 is 72.9 Å². The summed E-state index contributed by atoms with van der Waals surface area (Å²) in [5.41, 5.74) is 1.36. The van der Waals surface area contributed by atoms with Crippen molar-refractivity contribution in [1.82, 2.24) is 0 Å². The van der Waals surface area contributed by atoms with E-state index in [2.05, 4.69) is 89.2 Å². The fourth-order valence-corrected chi connectivity index (χ4v) is 3.86. The Hall–Kier alpha value is 1.41. The summed E-state index contributed by atoms with van der Waals surface area (Å²) in [7, 11) is 0. The number of hydrogen-bond donors (Lipinski definition) is 0. The summed E-state index contributed by atoms with van der Waals surface area (Å²) in [5.74, 6) is 14.7. The number of hydrogen-bond acceptors (Lipinski definition) is 0. The maximum atomic E-state index is 7.44. The average molecular weight is 601 g/mol. The normalized spacial score (nSPS) is 23.3. The Morgan fingerprint density at radius 1 is 0.633 bits per heavy atom. The Bertz CT molecular complexity index is 370. The second-order valence-corrected chi connectivity index (χ2v) is 9.52. The van der Waals surface area contributed by atoms with Crippen LogP contribution in [0.4, 0.5) is 0 Å². The van der Waals surface area contributed by atoms with Crippen molar-refractivity contribution in [2.75, 3.05) is 0 Å². The molecule has 0 nitrogen and oxygen atoms in total. The van der Waals surface area contributed by atoms with Crippen LogP contribution in [0.1, 0.15) is 104 Å². The van der Waals surface area contributed by atoms with E-state index in [1.807, 2.05) is 22.3 Å². The quantitative estimate of drug-likeness (QED) is 0.224. The van der Waals surface area contributed by atoms with Crippen LogP contribution in [-0.4, -0.2) is 22.3 Å². The van der Waals surface area contributed by atoms with Gasteiger partial charge in [-0.3, -0.25) is 0 Å². The summed E-state index contributed by atoms with van der Waals surface area (Å²) in [4.78, 5) is 0. The van der Waals surface area contributed by atoms with Crippen molar-refractivity contribution in [3.8, 4) is 0 Å². The second-order valence-electron chi connectivity index (χ2n) is 8.56. The van der Waals surface area contributed by atoms with Crippen LogP contribution in [0.15, 0.2) is 11.6 Å². The van der Waals surface area contributed by atoms with Gasteiger partial charge in [0, 0.05) is 26.2 Å². The summed E-state index contributed by atoms with van der Waals surface area (Å²) in [5, 5.41) is 0. The molecule has 0 saturated heterocycles. The van der Waals surface area contributed by atoms with Crippen LogP contribution >= 0.6 is 0 Å². The number of allylic oxidation sites excluding steroid dienone is 2. The smallest absolute Gasteiger partial charge is 0 e. The summed E-state index contributed by atoms with van der Waals surface area (Å²) < 4.78 is 8.43. The summed E-state index contributed by atoms with van der Waals surface area (Å²) >= 11 is 2.01. The third-order valence-corrected chi connectivity index (χ3v) is 7.34. The van der Waals surface area contributed by atoms with Gasteiger partial charge in [0.15, 0.2) is 0 Å². The van der Waals surface area contributed by atoms with E-state index in [4.69, 9.17) is 1.37 Å². The molecule has 2 heteroatoms. The van der Waals surface area contributed by atoms with Gasteiger partial charge in [-0.2, -0.15) is 0 Å². The van der Waals surface area contributed by atoms with Crippen molar-refractivity contribution < 1.29 is 27.6 Å². The standard InChI is InChI=1S/2C10H15.C8H15Te.Zr/c2*1-6-7(2)9(4)10(5)8(6)3;1-8(2)6-4-3-5-7-9;/h2*1-5H3;6H,3-5,7H2,1-2H3;/i;;5D;. The molecule has 0 aliphatic heterocycles. The molecule has 0 heterocycles. The third-order valence-electron chi connectivity index (χ3n) is 6.67.